The van der Waals surface area contributed by atoms with Crippen molar-refractivity contribution in [3.8, 4) is 5.75 Å². The molecule has 0 aliphatic carbocycles. The molecule has 2 amide bonds. The van der Waals surface area contributed by atoms with E-state index in [1.165, 1.54) is 11.8 Å². The Morgan fingerprint density at radius 1 is 1.08 bits per heavy atom. The summed E-state index contributed by atoms with van der Waals surface area (Å²) in [6, 6.07) is 11.2. The fraction of sp³-hybridized carbons (Fsp3) is 0.333. The van der Waals surface area contributed by atoms with Crippen molar-refractivity contribution in [2.45, 2.75) is 24.8 Å². The van der Waals surface area contributed by atoms with Crippen LogP contribution in [0.2, 0.25) is 0 Å². The summed E-state index contributed by atoms with van der Waals surface area (Å²) in [7, 11) is 1.63. The monoisotopic (exact) mass is 374 g/mol. The second-order valence-corrected chi connectivity index (χ2v) is 6.39. The maximum Gasteiger partial charge on any atom is 0.230 e. The lowest BCUT2D eigenvalue weighted by Gasteiger charge is -2.06. The normalized spacial score (nSPS) is 10.2. The predicted molar refractivity (Wildman–Crippen MR) is 101 cm³/mol. The van der Waals surface area contributed by atoms with E-state index in [0.717, 1.165) is 17.7 Å². The van der Waals surface area contributed by atoms with Crippen LogP contribution in [0.4, 0.5) is 5.82 Å². The third-order valence-corrected chi connectivity index (χ3v) is 4.39. The van der Waals surface area contributed by atoms with Crippen molar-refractivity contribution in [1.29, 1.82) is 0 Å². The molecule has 2 N–H and O–H groups in total. The number of carbonyl (C=O) groups excluding carboxylic acids is 2. The van der Waals surface area contributed by atoms with Gasteiger partial charge in [0.05, 0.1) is 12.9 Å². The molecule has 26 heavy (non-hydrogen) atoms. The van der Waals surface area contributed by atoms with Crippen molar-refractivity contribution in [2.75, 3.05) is 24.7 Å². The second-order valence-electron chi connectivity index (χ2n) is 5.40. The molecule has 2 aromatic rings. The van der Waals surface area contributed by atoms with Crippen LogP contribution in [-0.4, -0.2) is 41.4 Å². The zero-order valence-corrected chi connectivity index (χ0v) is 15.6. The number of carbonyl (C=O) groups is 2. The highest BCUT2D eigenvalue weighted by molar-refractivity contribution is 7.99. The summed E-state index contributed by atoms with van der Waals surface area (Å²) in [5.74, 6) is 1.31. The average Bonchev–Trinajstić information content (AvgIpc) is 2.68. The van der Waals surface area contributed by atoms with Gasteiger partial charge in [-0.25, -0.2) is 0 Å². The number of aromatic nitrogens is 2. The van der Waals surface area contributed by atoms with Gasteiger partial charge >= 0.3 is 0 Å². The van der Waals surface area contributed by atoms with Crippen LogP contribution in [0.3, 0.4) is 0 Å². The zero-order chi connectivity index (χ0) is 18.8. The highest BCUT2D eigenvalue weighted by Crippen LogP contribution is 2.15. The first-order valence-corrected chi connectivity index (χ1v) is 9.25. The molecule has 1 aromatic heterocycles. The largest absolute Gasteiger partial charge is 0.497 e. The highest BCUT2D eigenvalue weighted by atomic mass is 32.2. The molecule has 0 atom stereocenters. The Morgan fingerprint density at radius 2 is 1.85 bits per heavy atom. The number of hydrogen-bond acceptors (Lipinski definition) is 6. The molecule has 0 spiro atoms. The van der Waals surface area contributed by atoms with E-state index in [1.807, 2.05) is 24.3 Å². The van der Waals surface area contributed by atoms with E-state index in [0.29, 0.717) is 23.8 Å². The molecule has 1 heterocycles. The standard InChI is InChI=1S/C18H22N4O3S/c1-3-16(23)20-15-8-9-18(22-21-15)26-12-17(24)19-11-10-13-4-6-14(25-2)7-5-13/h4-9H,3,10-12H2,1-2H3,(H,19,24)(H,20,21,23). The maximum atomic E-state index is 11.9. The summed E-state index contributed by atoms with van der Waals surface area (Å²) in [4.78, 5) is 23.2. The SMILES string of the molecule is CCC(=O)Nc1ccc(SCC(=O)NCCc2ccc(OC)cc2)nn1. The summed E-state index contributed by atoms with van der Waals surface area (Å²) in [6.45, 7) is 2.33. The predicted octanol–water partition coefficient (Wildman–Crippen LogP) is 2.28. The lowest BCUT2D eigenvalue weighted by molar-refractivity contribution is -0.118. The number of rotatable bonds is 9. The molecular weight excluding hydrogens is 352 g/mol. The van der Waals surface area contributed by atoms with Crippen molar-refractivity contribution < 1.29 is 14.3 Å². The number of methoxy groups -OCH3 is 1. The quantitative estimate of drug-likeness (QED) is 0.654. The molecular formula is C18H22N4O3S. The Balaban J connectivity index is 1.68. The first-order valence-electron chi connectivity index (χ1n) is 8.26. The highest BCUT2D eigenvalue weighted by Gasteiger charge is 2.06. The first kappa shape index (κ1) is 19.7. The van der Waals surface area contributed by atoms with Gasteiger partial charge in [0.25, 0.3) is 0 Å². The van der Waals surface area contributed by atoms with Crippen LogP contribution >= 0.6 is 11.8 Å². The number of nitrogens with one attached hydrogen (secondary N) is 2. The minimum atomic E-state index is -0.115. The number of ether oxygens (including phenoxy) is 1. The van der Waals surface area contributed by atoms with Gasteiger partial charge in [-0.1, -0.05) is 30.8 Å². The third kappa shape index (κ3) is 6.72. The van der Waals surface area contributed by atoms with Gasteiger partial charge in [-0.3, -0.25) is 9.59 Å². The molecule has 2 rings (SSSR count). The van der Waals surface area contributed by atoms with Crippen LogP contribution in [0.15, 0.2) is 41.4 Å². The number of nitrogens with zero attached hydrogens (tertiary/aromatic N) is 2. The Bertz CT molecular complexity index is 720. The molecule has 0 unspecified atom stereocenters. The first-order chi connectivity index (χ1) is 12.6. The van der Waals surface area contributed by atoms with Gasteiger partial charge in [0.2, 0.25) is 11.8 Å². The molecule has 138 valence electrons. The van der Waals surface area contributed by atoms with Crippen LogP contribution in [0.5, 0.6) is 5.75 Å². The van der Waals surface area contributed by atoms with Gasteiger partial charge in [0, 0.05) is 13.0 Å². The molecule has 0 radical (unpaired) electrons. The van der Waals surface area contributed by atoms with Gasteiger partial charge < -0.3 is 15.4 Å². The van der Waals surface area contributed by atoms with Crippen LogP contribution < -0.4 is 15.4 Å². The van der Waals surface area contributed by atoms with Crippen molar-refractivity contribution >= 4 is 29.4 Å². The van der Waals surface area contributed by atoms with E-state index in [1.54, 1.807) is 26.2 Å². The Hall–Kier alpha value is -2.61. The van der Waals surface area contributed by atoms with Gasteiger partial charge in [0.15, 0.2) is 5.82 Å². The van der Waals surface area contributed by atoms with Crippen LogP contribution in [0.1, 0.15) is 18.9 Å². The molecule has 8 heteroatoms. The van der Waals surface area contributed by atoms with Gasteiger partial charge in [0.1, 0.15) is 10.8 Å². The Labute approximate surface area is 156 Å². The van der Waals surface area contributed by atoms with E-state index >= 15 is 0 Å². The van der Waals surface area contributed by atoms with Crippen molar-refractivity contribution in [1.82, 2.24) is 15.5 Å². The summed E-state index contributed by atoms with van der Waals surface area (Å²) in [5, 5.41) is 14.0. The molecule has 0 bridgehead atoms. The number of hydrogen-bond donors (Lipinski definition) is 2. The van der Waals surface area contributed by atoms with Crippen molar-refractivity contribution in [2.24, 2.45) is 0 Å². The molecule has 0 saturated heterocycles. The fourth-order valence-electron chi connectivity index (χ4n) is 2.02. The second kappa shape index (κ2) is 10.4. The Morgan fingerprint density at radius 3 is 2.46 bits per heavy atom. The number of benzene rings is 1. The van der Waals surface area contributed by atoms with Crippen molar-refractivity contribution in [3.63, 3.8) is 0 Å². The summed E-state index contributed by atoms with van der Waals surface area (Å²) in [6.07, 6.45) is 1.14. The van der Waals surface area contributed by atoms with Crippen LogP contribution in [-0.2, 0) is 16.0 Å². The minimum Gasteiger partial charge on any atom is -0.497 e. The lowest BCUT2D eigenvalue weighted by atomic mass is 10.1. The molecule has 7 nitrogen and oxygen atoms in total. The minimum absolute atomic E-state index is 0.0614. The molecule has 0 aliphatic rings. The van der Waals surface area contributed by atoms with Crippen LogP contribution in [0.25, 0.3) is 0 Å². The van der Waals surface area contributed by atoms with Gasteiger partial charge in [-0.05, 0) is 36.2 Å². The lowest BCUT2D eigenvalue weighted by Crippen LogP contribution is -2.27. The summed E-state index contributed by atoms with van der Waals surface area (Å²) in [5.41, 5.74) is 1.13. The number of amides is 2. The molecule has 1 aromatic carbocycles. The fourth-order valence-corrected chi connectivity index (χ4v) is 2.67. The third-order valence-electron chi connectivity index (χ3n) is 3.47. The molecule has 0 aliphatic heterocycles. The smallest absolute Gasteiger partial charge is 0.230 e. The molecule has 0 fully saturated rings. The topological polar surface area (TPSA) is 93.2 Å². The van der Waals surface area contributed by atoms with E-state index in [2.05, 4.69) is 20.8 Å². The zero-order valence-electron chi connectivity index (χ0n) is 14.8. The average molecular weight is 374 g/mol. The maximum absolute atomic E-state index is 11.9. The van der Waals surface area contributed by atoms with Crippen molar-refractivity contribution in [3.05, 3.63) is 42.0 Å². The number of anilines is 1. The van der Waals surface area contributed by atoms with E-state index in [4.69, 9.17) is 4.74 Å². The van der Waals surface area contributed by atoms with Gasteiger partial charge in [-0.2, -0.15) is 0 Å². The summed E-state index contributed by atoms with van der Waals surface area (Å²) < 4.78 is 5.11. The molecule has 0 saturated carbocycles. The van der Waals surface area contributed by atoms with E-state index < -0.39 is 0 Å². The van der Waals surface area contributed by atoms with E-state index in [9.17, 15) is 9.59 Å². The van der Waals surface area contributed by atoms with Crippen LogP contribution in [0, 0.1) is 0 Å². The summed E-state index contributed by atoms with van der Waals surface area (Å²) >= 11 is 1.30. The van der Waals surface area contributed by atoms with Gasteiger partial charge in [-0.15, -0.1) is 10.2 Å². The van der Waals surface area contributed by atoms with E-state index in [-0.39, 0.29) is 17.6 Å². The number of thioether (sulfide) groups is 1. The Kier molecular flexibility index (Phi) is 7.88.